The van der Waals surface area contributed by atoms with E-state index < -0.39 is 18.1 Å². The molecule has 5 nitrogen and oxygen atoms in total. The van der Waals surface area contributed by atoms with Crippen LogP contribution in [-0.2, 0) is 14.3 Å². The number of carbonyl (C=O) groups is 2. The van der Waals surface area contributed by atoms with E-state index in [0.717, 1.165) is 4.88 Å². The summed E-state index contributed by atoms with van der Waals surface area (Å²) in [5, 5.41) is 4.51. The lowest BCUT2D eigenvalue weighted by Gasteiger charge is -2.20. The molecule has 0 aliphatic rings. The summed E-state index contributed by atoms with van der Waals surface area (Å²) in [6.07, 6.45) is 0.523. The number of thiophene rings is 1. The first-order valence-corrected chi connectivity index (χ1v) is 7.00. The van der Waals surface area contributed by atoms with E-state index in [1.165, 1.54) is 18.4 Å². The number of ether oxygens (including phenoxy) is 1. The summed E-state index contributed by atoms with van der Waals surface area (Å²) >= 11 is 1.41. The van der Waals surface area contributed by atoms with Crippen LogP contribution < -0.4 is 11.1 Å². The van der Waals surface area contributed by atoms with Gasteiger partial charge in [0, 0.05) is 4.88 Å². The van der Waals surface area contributed by atoms with E-state index >= 15 is 0 Å². The lowest BCUT2D eigenvalue weighted by atomic mass is 10.0. The van der Waals surface area contributed by atoms with Crippen molar-refractivity contribution < 1.29 is 14.3 Å². The minimum absolute atomic E-state index is 0.266. The highest BCUT2D eigenvalue weighted by Crippen LogP contribution is 2.17. The molecule has 3 N–H and O–H groups in total. The van der Waals surface area contributed by atoms with Gasteiger partial charge in [-0.3, -0.25) is 4.79 Å². The van der Waals surface area contributed by atoms with Crippen LogP contribution >= 0.6 is 11.3 Å². The zero-order valence-electron chi connectivity index (χ0n) is 11.4. The highest BCUT2D eigenvalue weighted by atomic mass is 32.1. The number of nitrogens with one attached hydrogen (secondary N) is 1. The molecule has 0 saturated heterocycles. The quantitative estimate of drug-likeness (QED) is 0.775. The standard InChI is InChI=1S/C13H20N2O3S/c1-8(2)7-9(13(17)18-3)15-12(16)11(14)10-5-4-6-19-10/h4-6,8-9,11H,7,14H2,1-3H3,(H,15,16). The van der Waals surface area contributed by atoms with E-state index in [-0.39, 0.29) is 11.8 Å². The van der Waals surface area contributed by atoms with Gasteiger partial charge in [-0.15, -0.1) is 11.3 Å². The lowest BCUT2D eigenvalue weighted by Crippen LogP contribution is -2.45. The van der Waals surface area contributed by atoms with Crippen molar-refractivity contribution in [3.63, 3.8) is 0 Å². The molecule has 1 rings (SSSR count). The van der Waals surface area contributed by atoms with Gasteiger partial charge in [0.05, 0.1) is 7.11 Å². The molecule has 0 aliphatic carbocycles. The summed E-state index contributed by atoms with van der Waals surface area (Å²) in [7, 11) is 1.31. The zero-order chi connectivity index (χ0) is 14.4. The van der Waals surface area contributed by atoms with E-state index in [0.29, 0.717) is 6.42 Å². The fourth-order valence-electron chi connectivity index (χ4n) is 1.69. The second kappa shape index (κ2) is 7.25. The minimum Gasteiger partial charge on any atom is -0.467 e. The van der Waals surface area contributed by atoms with Gasteiger partial charge >= 0.3 is 5.97 Å². The zero-order valence-corrected chi connectivity index (χ0v) is 12.2. The van der Waals surface area contributed by atoms with Crippen LogP contribution in [0.3, 0.4) is 0 Å². The van der Waals surface area contributed by atoms with E-state index in [1.807, 2.05) is 25.3 Å². The molecule has 0 spiro atoms. The van der Waals surface area contributed by atoms with E-state index in [9.17, 15) is 9.59 Å². The van der Waals surface area contributed by atoms with Gasteiger partial charge in [-0.05, 0) is 23.8 Å². The molecule has 0 fully saturated rings. The summed E-state index contributed by atoms with van der Waals surface area (Å²) in [6, 6.07) is 2.23. The third-order valence-corrected chi connectivity index (χ3v) is 3.60. The average molecular weight is 284 g/mol. The Bertz CT molecular complexity index is 418. The first kappa shape index (κ1) is 15.7. The Morgan fingerprint density at radius 3 is 2.63 bits per heavy atom. The normalized spacial score (nSPS) is 13.9. The van der Waals surface area contributed by atoms with Gasteiger partial charge in [-0.2, -0.15) is 0 Å². The Balaban J connectivity index is 2.67. The average Bonchev–Trinajstić information content (AvgIpc) is 2.89. The first-order chi connectivity index (χ1) is 8.95. The largest absolute Gasteiger partial charge is 0.467 e. The third kappa shape index (κ3) is 4.65. The van der Waals surface area contributed by atoms with E-state index in [4.69, 9.17) is 10.5 Å². The fraction of sp³-hybridized carbons (Fsp3) is 0.538. The third-order valence-electron chi connectivity index (χ3n) is 2.64. The van der Waals surface area contributed by atoms with Gasteiger partial charge < -0.3 is 15.8 Å². The minimum atomic E-state index is -0.751. The molecule has 0 bridgehead atoms. The van der Waals surface area contributed by atoms with Crippen LogP contribution in [0.1, 0.15) is 31.2 Å². The van der Waals surface area contributed by atoms with Crippen LogP contribution in [0.2, 0.25) is 0 Å². The van der Waals surface area contributed by atoms with Gasteiger partial charge in [0.25, 0.3) is 0 Å². The van der Waals surface area contributed by atoms with Gasteiger partial charge in [0.2, 0.25) is 5.91 Å². The Morgan fingerprint density at radius 2 is 2.16 bits per heavy atom. The van der Waals surface area contributed by atoms with Crippen LogP contribution in [-0.4, -0.2) is 25.0 Å². The Hall–Kier alpha value is -1.40. The highest BCUT2D eigenvalue weighted by molar-refractivity contribution is 7.10. The molecule has 19 heavy (non-hydrogen) atoms. The molecule has 2 atom stereocenters. The van der Waals surface area contributed by atoms with Crippen LogP contribution in [0.4, 0.5) is 0 Å². The number of nitrogens with two attached hydrogens (primary N) is 1. The molecular formula is C13H20N2O3S. The smallest absolute Gasteiger partial charge is 0.328 e. The number of carbonyl (C=O) groups excluding carboxylic acids is 2. The molecule has 0 saturated carbocycles. The van der Waals surface area contributed by atoms with Crippen molar-refractivity contribution in [2.24, 2.45) is 11.7 Å². The monoisotopic (exact) mass is 284 g/mol. The molecule has 1 heterocycles. The van der Waals surface area contributed by atoms with Gasteiger partial charge in [-0.25, -0.2) is 4.79 Å². The van der Waals surface area contributed by atoms with Crippen molar-refractivity contribution >= 4 is 23.2 Å². The number of rotatable bonds is 6. The Kier molecular flexibility index (Phi) is 5.98. The van der Waals surface area contributed by atoms with Gasteiger partial charge in [0.15, 0.2) is 0 Å². The van der Waals surface area contributed by atoms with Gasteiger partial charge in [-0.1, -0.05) is 19.9 Å². The summed E-state index contributed by atoms with van der Waals surface area (Å²) < 4.78 is 4.69. The lowest BCUT2D eigenvalue weighted by molar-refractivity contribution is -0.145. The molecule has 0 aliphatic heterocycles. The molecule has 2 unspecified atom stereocenters. The summed E-state index contributed by atoms with van der Waals surface area (Å²) in [5.74, 6) is -0.540. The second-order valence-electron chi connectivity index (χ2n) is 4.71. The molecule has 1 aromatic heterocycles. The van der Waals surface area contributed by atoms with Crippen molar-refractivity contribution in [2.45, 2.75) is 32.4 Å². The fourth-order valence-corrected chi connectivity index (χ4v) is 2.41. The number of hydrogen-bond acceptors (Lipinski definition) is 5. The van der Waals surface area contributed by atoms with Crippen LogP contribution in [0.5, 0.6) is 0 Å². The maximum atomic E-state index is 12.0. The molecule has 0 aromatic carbocycles. The molecule has 6 heteroatoms. The predicted octanol–water partition coefficient (Wildman–Crippen LogP) is 1.45. The van der Waals surface area contributed by atoms with Crippen LogP contribution in [0, 0.1) is 5.92 Å². The van der Waals surface area contributed by atoms with E-state index in [1.54, 1.807) is 6.07 Å². The highest BCUT2D eigenvalue weighted by Gasteiger charge is 2.26. The number of hydrogen-bond donors (Lipinski definition) is 2. The maximum absolute atomic E-state index is 12.0. The van der Waals surface area contributed by atoms with Crippen LogP contribution in [0.15, 0.2) is 17.5 Å². The number of amides is 1. The Morgan fingerprint density at radius 1 is 1.47 bits per heavy atom. The van der Waals surface area contributed by atoms with Crippen molar-refractivity contribution in [1.82, 2.24) is 5.32 Å². The number of esters is 1. The van der Waals surface area contributed by atoms with Crippen molar-refractivity contribution in [3.05, 3.63) is 22.4 Å². The van der Waals surface area contributed by atoms with Crippen molar-refractivity contribution in [1.29, 1.82) is 0 Å². The van der Waals surface area contributed by atoms with Gasteiger partial charge in [0.1, 0.15) is 12.1 Å². The van der Waals surface area contributed by atoms with E-state index in [2.05, 4.69) is 5.32 Å². The number of methoxy groups -OCH3 is 1. The molecule has 106 valence electrons. The SMILES string of the molecule is COC(=O)C(CC(C)C)NC(=O)C(N)c1cccs1. The maximum Gasteiger partial charge on any atom is 0.328 e. The first-order valence-electron chi connectivity index (χ1n) is 6.13. The molecule has 1 amide bonds. The molecular weight excluding hydrogens is 264 g/mol. The summed E-state index contributed by atoms with van der Waals surface area (Å²) in [5.41, 5.74) is 5.85. The van der Waals surface area contributed by atoms with Crippen molar-refractivity contribution in [3.8, 4) is 0 Å². The Labute approximate surface area is 117 Å². The van der Waals surface area contributed by atoms with Crippen molar-refractivity contribution in [2.75, 3.05) is 7.11 Å². The topological polar surface area (TPSA) is 81.4 Å². The molecule has 1 aromatic rings. The summed E-state index contributed by atoms with van der Waals surface area (Å²) in [6.45, 7) is 3.95. The molecule has 0 radical (unpaired) electrons. The predicted molar refractivity (Wildman–Crippen MR) is 74.6 cm³/mol. The van der Waals surface area contributed by atoms with Crippen LogP contribution in [0.25, 0.3) is 0 Å². The summed E-state index contributed by atoms with van der Waals surface area (Å²) in [4.78, 5) is 24.4. The second-order valence-corrected chi connectivity index (χ2v) is 5.69.